The Morgan fingerprint density at radius 1 is 1.14 bits per heavy atom. The number of hydrogen-bond acceptors (Lipinski definition) is 8. The van der Waals surface area contributed by atoms with Crippen molar-refractivity contribution in [2.75, 3.05) is 26.8 Å². The van der Waals surface area contributed by atoms with Crippen LogP contribution in [0.15, 0.2) is 42.5 Å². The number of benzene rings is 2. The van der Waals surface area contributed by atoms with Crippen LogP contribution in [0.3, 0.4) is 0 Å². The molecular weight excluding hydrogens is 498 g/mol. The van der Waals surface area contributed by atoms with E-state index in [-0.39, 0.29) is 12.5 Å². The number of halogens is 1. The third kappa shape index (κ3) is 5.79. The molecule has 2 aromatic rings. The van der Waals surface area contributed by atoms with Gasteiger partial charge in [-0.3, -0.25) is 9.69 Å². The Bertz CT molecular complexity index is 1080. The third-order valence-electron chi connectivity index (χ3n) is 7.55. The Balaban J connectivity index is 1.54. The third-order valence-corrected chi connectivity index (χ3v) is 7.92. The normalized spacial score (nSPS) is 30.3. The van der Waals surface area contributed by atoms with Crippen LogP contribution in [0, 0.1) is 0 Å². The summed E-state index contributed by atoms with van der Waals surface area (Å²) in [5, 5.41) is 32.9. The van der Waals surface area contributed by atoms with Gasteiger partial charge in [0.15, 0.2) is 0 Å². The smallest absolute Gasteiger partial charge is 0.325 e. The highest BCUT2D eigenvalue weighted by Gasteiger charge is 2.49. The van der Waals surface area contributed by atoms with Gasteiger partial charge in [-0.2, -0.15) is 0 Å². The predicted octanol–water partition coefficient (Wildman–Crippen LogP) is 2.88. The van der Waals surface area contributed by atoms with Gasteiger partial charge in [0.2, 0.25) is 0 Å². The predicted molar refractivity (Wildman–Crippen MR) is 139 cm³/mol. The fourth-order valence-electron chi connectivity index (χ4n) is 5.35. The number of aliphatic hydroxyl groups is 3. The molecule has 0 aliphatic carbocycles. The second-order valence-electron chi connectivity index (χ2n) is 9.99. The number of hydrogen-bond donors (Lipinski definition) is 3. The summed E-state index contributed by atoms with van der Waals surface area (Å²) in [5.74, 6) is 0.453. The summed E-state index contributed by atoms with van der Waals surface area (Å²) in [6, 6.07) is 13.1. The number of nitrogens with zero attached hydrogens (tertiary/aromatic N) is 1. The van der Waals surface area contributed by atoms with Crippen LogP contribution in [0.2, 0.25) is 5.02 Å². The lowest BCUT2D eigenvalue weighted by Crippen LogP contribution is -2.59. The van der Waals surface area contributed by atoms with Gasteiger partial charge in [0.05, 0.1) is 19.8 Å². The number of aliphatic hydroxyl groups excluding tert-OH is 3. The van der Waals surface area contributed by atoms with Crippen molar-refractivity contribution in [3.8, 4) is 5.75 Å². The minimum absolute atomic E-state index is 0.208. The molecule has 2 aromatic carbocycles. The van der Waals surface area contributed by atoms with Gasteiger partial charge in [0.25, 0.3) is 0 Å². The lowest BCUT2D eigenvalue weighted by atomic mass is 9.89. The minimum Gasteiger partial charge on any atom is -0.494 e. The van der Waals surface area contributed by atoms with E-state index < -0.39 is 36.1 Å². The van der Waals surface area contributed by atoms with Crippen molar-refractivity contribution < 1.29 is 34.3 Å². The van der Waals surface area contributed by atoms with Crippen LogP contribution >= 0.6 is 11.6 Å². The zero-order valence-corrected chi connectivity index (χ0v) is 22.2. The van der Waals surface area contributed by atoms with E-state index in [0.29, 0.717) is 36.6 Å². The van der Waals surface area contributed by atoms with E-state index in [0.717, 1.165) is 23.3 Å². The number of methoxy groups -OCH3 is 1. The van der Waals surface area contributed by atoms with Crippen molar-refractivity contribution in [2.45, 2.75) is 69.2 Å². The number of esters is 1. The molecule has 0 saturated carbocycles. The maximum atomic E-state index is 12.5. The average Bonchev–Trinajstić information content (AvgIpc) is 3.27. The molecule has 37 heavy (non-hydrogen) atoms. The first-order chi connectivity index (χ1) is 17.7. The lowest BCUT2D eigenvalue weighted by Gasteiger charge is -2.44. The highest BCUT2D eigenvalue weighted by atomic mass is 35.5. The largest absolute Gasteiger partial charge is 0.494 e. The number of rotatable bonds is 8. The fraction of sp³-hybridized carbons (Fsp3) is 0.536. The Morgan fingerprint density at radius 3 is 2.54 bits per heavy atom. The highest BCUT2D eigenvalue weighted by molar-refractivity contribution is 6.31. The first kappa shape index (κ1) is 27.8. The Labute approximate surface area is 222 Å². The van der Waals surface area contributed by atoms with Crippen LogP contribution in [0.5, 0.6) is 5.75 Å². The molecule has 0 radical (unpaired) electrons. The monoisotopic (exact) mass is 533 g/mol. The van der Waals surface area contributed by atoms with Crippen LogP contribution in [-0.2, 0) is 20.7 Å². The van der Waals surface area contributed by atoms with Crippen molar-refractivity contribution in [1.29, 1.82) is 0 Å². The van der Waals surface area contributed by atoms with Gasteiger partial charge in [0.1, 0.15) is 35.7 Å². The first-order valence-electron chi connectivity index (χ1n) is 12.7. The molecular formula is C28H36ClNO7. The second-order valence-corrected chi connectivity index (χ2v) is 10.4. The summed E-state index contributed by atoms with van der Waals surface area (Å²) in [6.07, 6.45) is -3.79. The summed E-state index contributed by atoms with van der Waals surface area (Å²) < 4.78 is 16.7. The Morgan fingerprint density at radius 2 is 1.86 bits per heavy atom. The zero-order valence-electron chi connectivity index (χ0n) is 21.5. The molecule has 0 bridgehead atoms. The maximum Gasteiger partial charge on any atom is 0.325 e. The summed E-state index contributed by atoms with van der Waals surface area (Å²) in [7, 11) is 1.36. The molecule has 0 amide bonds. The topological polar surface area (TPSA) is 109 Å². The quantitative estimate of drug-likeness (QED) is 0.445. The fourth-order valence-corrected chi connectivity index (χ4v) is 5.54. The number of likely N-dealkylation sites (tertiary alicyclic amines) is 1. The van der Waals surface area contributed by atoms with E-state index in [9.17, 15) is 20.1 Å². The molecule has 2 saturated heterocycles. The van der Waals surface area contributed by atoms with Gasteiger partial charge in [-0.15, -0.1) is 0 Å². The summed E-state index contributed by atoms with van der Waals surface area (Å²) in [4.78, 5) is 14.4. The van der Waals surface area contributed by atoms with E-state index in [1.165, 1.54) is 7.11 Å². The maximum absolute atomic E-state index is 12.5. The van der Waals surface area contributed by atoms with E-state index >= 15 is 0 Å². The SMILES string of the molecule is CCOc1ccc(Cc2cc([C@@H]3O[C@H](CN4CCC[C@@]4(C)C(=O)OC)[C@H](O)[C@@H](O)[C@H]3O)ccc2Cl)cc1. The molecule has 2 fully saturated rings. The van der Waals surface area contributed by atoms with Gasteiger partial charge in [-0.25, -0.2) is 0 Å². The summed E-state index contributed by atoms with van der Waals surface area (Å²) >= 11 is 6.50. The van der Waals surface area contributed by atoms with Gasteiger partial charge in [0, 0.05) is 11.6 Å². The van der Waals surface area contributed by atoms with Gasteiger partial charge in [-0.05, 0) is 74.5 Å². The van der Waals surface area contributed by atoms with Crippen molar-refractivity contribution >= 4 is 17.6 Å². The molecule has 8 nitrogen and oxygen atoms in total. The van der Waals surface area contributed by atoms with Crippen molar-refractivity contribution in [1.82, 2.24) is 4.90 Å². The molecule has 3 N–H and O–H groups in total. The molecule has 2 heterocycles. The van der Waals surface area contributed by atoms with Crippen LogP contribution in [-0.4, -0.2) is 82.9 Å². The van der Waals surface area contributed by atoms with Crippen LogP contribution in [0.25, 0.3) is 0 Å². The van der Waals surface area contributed by atoms with Crippen molar-refractivity contribution in [3.63, 3.8) is 0 Å². The van der Waals surface area contributed by atoms with Gasteiger partial charge in [-0.1, -0.05) is 35.9 Å². The molecule has 2 aliphatic heterocycles. The van der Waals surface area contributed by atoms with Crippen molar-refractivity contribution in [2.24, 2.45) is 0 Å². The highest BCUT2D eigenvalue weighted by Crippen LogP contribution is 2.37. The second kappa shape index (κ2) is 11.7. The lowest BCUT2D eigenvalue weighted by molar-refractivity contribution is -0.229. The molecule has 0 unspecified atom stereocenters. The van der Waals surface area contributed by atoms with E-state index in [1.807, 2.05) is 49.1 Å². The zero-order chi connectivity index (χ0) is 26.7. The van der Waals surface area contributed by atoms with Gasteiger partial charge < -0.3 is 29.5 Å². The first-order valence-corrected chi connectivity index (χ1v) is 13.1. The molecule has 4 rings (SSSR count). The van der Waals surface area contributed by atoms with Crippen molar-refractivity contribution in [3.05, 3.63) is 64.2 Å². The minimum atomic E-state index is -1.42. The standard InChI is InChI=1S/C28H36ClNO7/c1-4-36-20-9-6-17(7-10-20)14-19-15-18(8-11-21(19)29)26-25(33)24(32)23(31)22(37-26)16-30-13-5-12-28(30,2)27(34)35-3/h6-11,15,22-26,31-33H,4-5,12-14,16H2,1-3H3/t22-,23+,24-,25-,26+,28+/m1/s1. The molecule has 6 atom stereocenters. The molecule has 0 spiro atoms. The van der Waals surface area contributed by atoms with E-state index in [2.05, 4.69) is 0 Å². The summed E-state index contributed by atoms with van der Waals surface area (Å²) in [5.41, 5.74) is 1.69. The van der Waals surface area contributed by atoms with Crippen LogP contribution < -0.4 is 4.74 Å². The number of ether oxygens (including phenoxy) is 3. The van der Waals surface area contributed by atoms with E-state index in [1.54, 1.807) is 12.1 Å². The Kier molecular flexibility index (Phi) is 8.78. The van der Waals surface area contributed by atoms with E-state index in [4.69, 9.17) is 25.8 Å². The molecule has 0 aromatic heterocycles. The van der Waals surface area contributed by atoms with Crippen LogP contribution in [0.4, 0.5) is 0 Å². The Hall–Kier alpha value is -2.20. The van der Waals surface area contributed by atoms with Gasteiger partial charge >= 0.3 is 5.97 Å². The summed E-state index contributed by atoms with van der Waals surface area (Å²) in [6.45, 7) is 5.19. The van der Waals surface area contributed by atoms with Crippen LogP contribution in [0.1, 0.15) is 49.5 Å². The molecule has 202 valence electrons. The number of carbonyl (C=O) groups excluding carboxylic acids is 1. The number of carbonyl (C=O) groups is 1. The molecule has 9 heteroatoms. The molecule has 2 aliphatic rings. The average molecular weight is 534 g/mol.